The van der Waals surface area contributed by atoms with Gasteiger partial charge in [0.05, 0.1) is 0 Å². The van der Waals surface area contributed by atoms with E-state index in [1.165, 1.54) is 6.08 Å². The Morgan fingerprint density at radius 2 is 1.86 bits per heavy atom. The van der Waals surface area contributed by atoms with E-state index < -0.39 is 23.3 Å². The summed E-state index contributed by atoms with van der Waals surface area (Å²) in [6.07, 6.45) is 7.59. The van der Waals surface area contributed by atoms with Crippen LogP contribution >= 0.6 is 0 Å². The van der Waals surface area contributed by atoms with Gasteiger partial charge in [-0.25, -0.2) is 0 Å². The fourth-order valence-electron chi connectivity index (χ4n) is 3.19. The first-order valence-corrected chi connectivity index (χ1v) is 7.78. The monoisotopic (exact) mass is 302 g/mol. The van der Waals surface area contributed by atoms with Crippen molar-refractivity contribution in [1.29, 1.82) is 0 Å². The molecule has 0 aliphatic heterocycles. The number of hydrogen-bond acceptors (Lipinski definition) is 2. The van der Waals surface area contributed by atoms with Gasteiger partial charge >= 0.3 is 11.9 Å². The Balaban J connectivity index is 2.40. The van der Waals surface area contributed by atoms with Gasteiger partial charge in [0.25, 0.3) is 0 Å². The third-order valence-electron chi connectivity index (χ3n) is 4.42. The summed E-state index contributed by atoms with van der Waals surface area (Å²) >= 11 is 0. The highest BCUT2D eigenvalue weighted by Crippen LogP contribution is 2.41. The molecule has 2 N–H and O–H groups in total. The van der Waals surface area contributed by atoms with Gasteiger partial charge in [0.2, 0.25) is 0 Å². The van der Waals surface area contributed by atoms with Gasteiger partial charge in [-0.05, 0) is 17.5 Å². The van der Waals surface area contributed by atoms with E-state index in [4.69, 9.17) is 0 Å². The number of aliphatic carboxylic acids is 2. The molecule has 0 saturated carbocycles. The van der Waals surface area contributed by atoms with Crippen molar-refractivity contribution < 1.29 is 19.8 Å². The van der Waals surface area contributed by atoms with E-state index in [2.05, 4.69) is 6.92 Å². The molecule has 0 unspecified atom stereocenters. The molecule has 118 valence electrons. The molecule has 0 spiro atoms. The van der Waals surface area contributed by atoms with Gasteiger partial charge in [0.15, 0.2) is 0 Å². The van der Waals surface area contributed by atoms with Crippen molar-refractivity contribution in [1.82, 2.24) is 0 Å². The SMILES string of the molecule is CCCCCC[C@]1(C(=O)O)C=C[C@@H](C(=O)O)c2ccccc21. The Morgan fingerprint density at radius 1 is 1.14 bits per heavy atom. The van der Waals surface area contributed by atoms with Crippen LogP contribution in [0.5, 0.6) is 0 Å². The minimum absolute atomic E-state index is 0.502. The van der Waals surface area contributed by atoms with Crippen molar-refractivity contribution in [2.45, 2.75) is 50.4 Å². The zero-order valence-corrected chi connectivity index (χ0v) is 12.8. The van der Waals surface area contributed by atoms with Crippen LogP contribution in [0.1, 0.15) is 56.1 Å². The van der Waals surface area contributed by atoms with Crippen LogP contribution in [0.15, 0.2) is 36.4 Å². The van der Waals surface area contributed by atoms with Crippen LogP contribution in [0.4, 0.5) is 0 Å². The van der Waals surface area contributed by atoms with Crippen LogP contribution in [0.2, 0.25) is 0 Å². The second kappa shape index (κ2) is 6.77. The number of rotatable bonds is 7. The number of benzene rings is 1. The summed E-state index contributed by atoms with van der Waals surface area (Å²) in [5, 5.41) is 19.2. The molecule has 22 heavy (non-hydrogen) atoms. The standard InChI is InChI=1S/C18H22O4/c1-2-3-4-7-11-18(17(21)22)12-10-14(16(19)20)13-8-5-6-9-15(13)18/h5-6,8-10,12,14H,2-4,7,11H2,1H3,(H,19,20)(H,21,22)/t14-,18+/m1/s1. The third-order valence-corrected chi connectivity index (χ3v) is 4.42. The van der Waals surface area contributed by atoms with Crippen molar-refractivity contribution >= 4 is 11.9 Å². The minimum atomic E-state index is -1.10. The minimum Gasteiger partial charge on any atom is -0.481 e. The predicted octanol–water partition coefficient (Wildman–Crippen LogP) is 3.72. The molecular weight excluding hydrogens is 280 g/mol. The average molecular weight is 302 g/mol. The van der Waals surface area contributed by atoms with Gasteiger partial charge in [-0.2, -0.15) is 0 Å². The molecule has 2 rings (SSSR count). The number of carbonyl (C=O) groups is 2. The lowest BCUT2D eigenvalue weighted by Gasteiger charge is -2.33. The summed E-state index contributed by atoms with van der Waals surface area (Å²) in [4.78, 5) is 23.4. The van der Waals surface area contributed by atoms with E-state index in [9.17, 15) is 19.8 Å². The number of unbranched alkanes of at least 4 members (excludes halogenated alkanes) is 3. The second-order valence-corrected chi connectivity index (χ2v) is 5.85. The Hall–Kier alpha value is -2.10. The molecule has 0 radical (unpaired) electrons. The van der Waals surface area contributed by atoms with Gasteiger partial charge in [-0.1, -0.05) is 69.0 Å². The molecular formula is C18H22O4. The summed E-state index contributed by atoms with van der Waals surface area (Å²) in [5.41, 5.74) is 0.111. The van der Waals surface area contributed by atoms with Gasteiger partial charge in [-0.15, -0.1) is 0 Å². The molecule has 4 nitrogen and oxygen atoms in total. The Kier molecular flexibility index (Phi) is 5.01. The lowest BCUT2D eigenvalue weighted by molar-refractivity contribution is -0.143. The van der Waals surface area contributed by atoms with Crippen LogP contribution in [-0.2, 0) is 15.0 Å². The fourth-order valence-corrected chi connectivity index (χ4v) is 3.19. The van der Waals surface area contributed by atoms with Crippen LogP contribution in [0.3, 0.4) is 0 Å². The number of carboxylic acid groups (broad SMARTS) is 2. The maximum absolute atomic E-state index is 12.0. The first-order valence-electron chi connectivity index (χ1n) is 7.78. The molecule has 0 amide bonds. The summed E-state index contributed by atoms with van der Waals surface area (Å²) in [6, 6.07) is 7.02. The molecule has 4 heteroatoms. The number of fused-ring (bicyclic) bond motifs is 1. The molecule has 0 saturated heterocycles. The fraction of sp³-hybridized carbons (Fsp3) is 0.444. The smallest absolute Gasteiger partial charge is 0.318 e. The maximum Gasteiger partial charge on any atom is 0.318 e. The van der Waals surface area contributed by atoms with Gasteiger partial charge < -0.3 is 10.2 Å². The quantitative estimate of drug-likeness (QED) is 0.594. The number of hydrogen-bond donors (Lipinski definition) is 2. The summed E-state index contributed by atoms with van der Waals surface area (Å²) in [6.45, 7) is 2.11. The van der Waals surface area contributed by atoms with E-state index in [-0.39, 0.29) is 0 Å². The van der Waals surface area contributed by atoms with Crippen LogP contribution < -0.4 is 0 Å². The third kappa shape index (κ3) is 2.91. The molecule has 0 heterocycles. The average Bonchev–Trinajstić information content (AvgIpc) is 2.51. The molecule has 1 aromatic carbocycles. The van der Waals surface area contributed by atoms with E-state index in [1.54, 1.807) is 30.3 Å². The largest absolute Gasteiger partial charge is 0.481 e. The number of carboxylic acids is 2. The highest BCUT2D eigenvalue weighted by molar-refractivity contribution is 5.89. The predicted molar refractivity (Wildman–Crippen MR) is 84.0 cm³/mol. The highest BCUT2D eigenvalue weighted by atomic mass is 16.4. The Morgan fingerprint density at radius 3 is 2.50 bits per heavy atom. The molecule has 1 aromatic rings. The van der Waals surface area contributed by atoms with Crippen LogP contribution in [0, 0.1) is 0 Å². The maximum atomic E-state index is 12.0. The van der Waals surface area contributed by atoms with Crippen molar-refractivity contribution in [3.8, 4) is 0 Å². The highest BCUT2D eigenvalue weighted by Gasteiger charge is 2.43. The van der Waals surface area contributed by atoms with E-state index in [0.717, 1.165) is 25.7 Å². The van der Waals surface area contributed by atoms with Gasteiger partial charge in [-0.3, -0.25) is 9.59 Å². The molecule has 1 aliphatic carbocycles. The Labute approximate surface area is 130 Å². The normalized spacial score (nSPS) is 23.0. The van der Waals surface area contributed by atoms with Crippen molar-refractivity contribution in [2.24, 2.45) is 0 Å². The molecule has 0 aromatic heterocycles. The van der Waals surface area contributed by atoms with Gasteiger partial charge in [0, 0.05) is 0 Å². The summed E-state index contributed by atoms with van der Waals surface area (Å²) in [5.74, 6) is -2.62. The van der Waals surface area contributed by atoms with E-state index >= 15 is 0 Å². The zero-order chi connectivity index (χ0) is 16.2. The topological polar surface area (TPSA) is 74.6 Å². The first-order chi connectivity index (χ1) is 10.5. The lowest BCUT2D eigenvalue weighted by atomic mass is 9.68. The van der Waals surface area contributed by atoms with Gasteiger partial charge in [0.1, 0.15) is 11.3 Å². The Bertz CT molecular complexity index is 591. The van der Waals surface area contributed by atoms with Crippen molar-refractivity contribution in [2.75, 3.05) is 0 Å². The molecule has 0 bridgehead atoms. The van der Waals surface area contributed by atoms with E-state index in [1.807, 2.05) is 0 Å². The van der Waals surface area contributed by atoms with E-state index in [0.29, 0.717) is 17.5 Å². The van der Waals surface area contributed by atoms with Crippen molar-refractivity contribution in [3.63, 3.8) is 0 Å². The van der Waals surface area contributed by atoms with Crippen LogP contribution in [0.25, 0.3) is 0 Å². The lowest BCUT2D eigenvalue weighted by Crippen LogP contribution is -2.38. The second-order valence-electron chi connectivity index (χ2n) is 5.85. The van der Waals surface area contributed by atoms with Crippen molar-refractivity contribution in [3.05, 3.63) is 47.5 Å². The van der Waals surface area contributed by atoms with Crippen LogP contribution in [-0.4, -0.2) is 22.2 Å². The summed E-state index contributed by atoms with van der Waals surface area (Å²) in [7, 11) is 0. The molecule has 0 fully saturated rings. The first kappa shape index (κ1) is 16.3. The summed E-state index contributed by atoms with van der Waals surface area (Å²) < 4.78 is 0. The zero-order valence-electron chi connectivity index (χ0n) is 12.8. The molecule has 2 atom stereocenters. The molecule has 1 aliphatic rings.